The maximum atomic E-state index is 12.8. The first-order valence-corrected chi connectivity index (χ1v) is 12.1. The lowest BCUT2D eigenvalue weighted by molar-refractivity contribution is -0.116. The highest BCUT2D eigenvalue weighted by Gasteiger charge is 2.17. The zero-order valence-electron chi connectivity index (χ0n) is 20.1. The molecule has 37 heavy (non-hydrogen) atoms. The number of nitrogens with one attached hydrogen (secondary N) is 4. The fourth-order valence-corrected chi connectivity index (χ4v) is 4.23. The Kier molecular flexibility index (Phi) is 7.09. The summed E-state index contributed by atoms with van der Waals surface area (Å²) < 4.78 is 0. The highest BCUT2D eigenvalue weighted by Crippen LogP contribution is 2.28. The predicted molar refractivity (Wildman–Crippen MR) is 145 cm³/mol. The molecule has 8 nitrogen and oxygen atoms in total. The third-order valence-corrected chi connectivity index (χ3v) is 6.14. The number of fused-ring (bicyclic) bond motifs is 1. The minimum absolute atomic E-state index is 0.115. The number of aromatic nitrogens is 3. The largest absolute Gasteiger partial charge is 0.387 e. The maximum absolute atomic E-state index is 12.8. The van der Waals surface area contributed by atoms with E-state index in [0.29, 0.717) is 46.6 Å². The average molecular weight is 494 g/mol. The van der Waals surface area contributed by atoms with Gasteiger partial charge in [-0.2, -0.15) is 0 Å². The van der Waals surface area contributed by atoms with Crippen LogP contribution in [-0.4, -0.2) is 32.5 Å². The van der Waals surface area contributed by atoms with Crippen LogP contribution in [0.4, 0.5) is 11.4 Å². The van der Waals surface area contributed by atoms with E-state index in [1.165, 1.54) is 0 Å². The van der Waals surface area contributed by atoms with Gasteiger partial charge in [0, 0.05) is 19.2 Å². The highest BCUT2D eigenvalue weighted by atomic mass is 16.3. The lowest BCUT2D eigenvalue weighted by Crippen LogP contribution is -2.17. The van der Waals surface area contributed by atoms with Crippen molar-refractivity contribution in [2.24, 2.45) is 0 Å². The molecular formula is C29H27N5O3. The van der Waals surface area contributed by atoms with Crippen LogP contribution in [0.15, 0.2) is 95.9 Å². The van der Waals surface area contributed by atoms with Crippen molar-refractivity contribution in [1.82, 2.24) is 15.0 Å². The second kappa shape index (κ2) is 10.9. The molecule has 5 aromatic rings. The first kappa shape index (κ1) is 24.0. The van der Waals surface area contributed by atoms with Gasteiger partial charge < -0.3 is 25.7 Å². The molecule has 1 amide bonds. The van der Waals surface area contributed by atoms with Crippen LogP contribution in [0, 0.1) is 0 Å². The van der Waals surface area contributed by atoms with Crippen LogP contribution in [0.3, 0.4) is 0 Å². The molecular weight excluding hydrogens is 466 g/mol. The molecule has 0 spiro atoms. The molecule has 2 aromatic heterocycles. The Hall–Kier alpha value is -4.69. The van der Waals surface area contributed by atoms with Crippen LogP contribution >= 0.6 is 0 Å². The number of H-pyrrole nitrogens is 2. The molecule has 2 heterocycles. The van der Waals surface area contributed by atoms with Gasteiger partial charge in [0.1, 0.15) is 16.9 Å². The second-order valence-corrected chi connectivity index (χ2v) is 8.72. The van der Waals surface area contributed by atoms with E-state index in [1.54, 1.807) is 18.3 Å². The number of aromatic amines is 2. The molecule has 0 saturated heterocycles. The number of carbonyl (C=O) groups excluding carboxylic acids is 1. The van der Waals surface area contributed by atoms with E-state index in [9.17, 15) is 14.7 Å². The highest BCUT2D eigenvalue weighted by molar-refractivity contribution is 6.00. The van der Waals surface area contributed by atoms with Gasteiger partial charge in [0.05, 0.1) is 23.0 Å². The van der Waals surface area contributed by atoms with E-state index in [4.69, 9.17) is 0 Å². The molecule has 0 aliphatic carbocycles. The number of aryl methyl sites for hydroxylation is 1. The van der Waals surface area contributed by atoms with E-state index < -0.39 is 6.10 Å². The third-order valence-electron chi connectivity index (χ3n) is 6.14. The van der Waals surface area contributed by atoms with Gasteiger partial charge in [0.25, 0.3) is 5.56 Å². The summed E-state index contributed by atoms with van der Waals surface area (Å²) >= 11 is 0. The predicted octanol–water partition coefficient (Wildman–Crippen LogP) is 4.64. The Morgan fingerprint density at radius 2 is 1.68 bits per heavy atom. The quantitative estimate of drug-likeness (QED) is 0.205. The smallest absolute Gasteiger partial charge is 0.261 e. The monoisotopic (exact) mass is 493 g/mol. The molecule has 3 aromatic carbocycles. The molecule has 0 fully saturated rings. The lowest BCUT2D eigenvalue weighted by atomic mass is 10.1. The molecule has 1 atom stereocenters. The number of rotatable bonds is 9. The molecule has 186 valence electrons. The van der Waals surface area contributed by atoms with Crippen LogP contribution in [-0.2, 0) is 11.2 Å². The topological polar surface area (TPSA) is 123 Å². The Bertz CT molecular complexity index is 1560. The first-order valence-electron chi connectivity index (χ1n) is 12.1. The second-order valence-electron chi connectivity index (χ2n) is 8.72. The Balaban J connectivity index is 1.37. The summed E-state index contributed by atoms with van der Waals surface area (Å²) in [5.74, 6) is 0.246. The normalized spacial score (nSPS) is 11.8. The number of para-hydroxylation sites is 1. The van der Waals surface area contributed by atoms with Crippen LogP contribution < -0.4 is 16.2 Å². The van der Waals surface area contributed by atoms with Gasteiger partial charge in [-0.3, -0.25) is 9.59 Å². The van der Waals surface area contributed by atoms with E-state index in [0.717, 1.165) is 11.1 Å². The summed E-state index contributed by atoms with van der Waals surface area (Å²) in [5.41, 5.74) is 4.22. The number of pyridine rings is 1. The molecule has 0 aliphatic heterocycles. The van der Waals surface area contributed by atoms with Gasteiger partial charge in [-0.1, -0.05) is 66.7 Å². The SMILES string of the molecule is O=C(CCc1ccccc1)Nc1cccc2[nH]c(-c3c(NC[C@@H](O)c4ccccc4)cc[nH]c3=O)nc12. The van der Waals surface area contributed by atoms with E-state index >= 15 is 0 Å². The van der Waals surface area contributed by atoms with Crippen molar-refractivity contribution in [3.63, 3.8) is 0 Å². The summed E-state index contributed by atoms with van der Waals surface area (Å²) in [4.78, 5) is 36.0. The van der Waals surface area contributed by atoms with Gasteiger partial charge >= 0.3 is 0 Å². The first-order chi connectivity index (χ1) is 18.1. The van der Waals surface area contributed by atoms with Crippen molar-refractivity contribution >= 4 is 28.3 Å². The fraction of sp³-hybridized carbons (Fsp3) is 0.138. The number of hydrogen-bond donors (Lipinski definition) is 5. The lowest BCUT2D eigenvalue weighted by Gasteiger charge is -2.14. The summed E-state index contributed by atoms with van der Waals surface area (Å²) in [5, 5.41) is 16.7. The van der Waals surface area contributed by atoms with Crippen LogP contribution in [0.1, 0.15) is 23.7 Å². The van der Waals surface area contributed by atoms with Gasteiger partial charge in [-0.05, 0) is 35.7 Å². The van der Waals surface area contributed by atoms with Crippen LogP contribution in [0.25, 0.3) is 22.4 Å². The summed E-state index contributed by atoms with van der Waals surface area (Å²) in [6.07, 6.45) is 1.78. The molecule has 5 rings (SSSR count). The number of aliphatic hydroxyl groups is 1. The minimum Gasteiger partial charge on any atom is -0.387 e. The standard InChI is InChI=1S/C29H27N5O3/c35-24(20-10-5-2-6-11-20)18-31-21-16-17-30-29(37)26(21)28-33-23-13-7-12-22(27(23)34-28)32-25(36)15-14-19-8-3-1-4-9-19/h1-13,16-17,24,35H,14-15,18H2,(H,32,36)(H,33,34)(H2,30,31,37)/t24-/m1/s1. The van der Waals surface area contributed by atoms with Gasteiger partial charge in [-0.25, -0.2) is 4.98 Å². The Morgan fingerprint density at radius 3 is 2.46 bits per heavy atom. The van der Waals surface area contributed by atoms with E-state index in [2.05, 4.69) is 25.6 Å². The average Bonchev–Trinajstić information content (AvgIpc) is 3.36. The van der Waals surface area contributed by atoms with Gasteiger partial charge in [0.15, 0.2) is 0 Å². The maximum Gasteiger partial charge on any atom is 0.261 e. The number of hydrogen-bond acceptors (Lipinski definition) is 5. The van der Waals surface area contributed by atoms with Crippen molar-refractivity contribution in [2.45, 2.75) is 18.9 Å². The van der Waals surface area contributed by atoms with E-state index in [-0.39, 0.29) is 18.0 Å². The summed E-state index contributed by atoms with van der Waals surface area (Å²) in [7, 11) is 0. The van der Waals surface area contributed by atoms with Gasteiger partial charge in [0.2, 0.25) is 5.91 Å². The molecule has 0 bridgehead atoms. The van der Waals surface area contributed by atoms with Crippen LogP contribution in [0.5, 0.6) is 0 Å². The molecule has 0 aliphatic rings. The molecule has 0 radical (unpaired) electrons. The van der Waals surface area contributed by atoms with Crippen molar-refractivity contribution < 1.29 is 9.90 Å². The number of nitrogens with zero attached hydrogens (tertiary/aromatic N) is 1. The number of amides is 1. The van der Waals surface area contributed by atoms with Crippen molar-refractivity contribution in [3.05, 3.63) is 113 Å². The number of benzene rings is 3. The Morgan fingerprint density at radius 1 is 0.919 bits per heavy atom. The van der Waals surface area contributed by atoms with E-state index in [1.807, 2.05) is 72.8 Å². The molecule has 8 heteroatoms. The summed E-state index contributed by atoms with van der Waals surface area (Å²) in [6.45, 7) is 0.212. The summed E-state index contributed by atoms with van der Waals surface area (Å²) in [6, 6.07) is 26.3. The molecule has 0 saturated carbocycles. The number of aliphatic hydroxyl groups excluding tert-OH is 1. The third kappa shape index (κ3) is 5.60. The van der Waals surface area contributed by atoms with Gasteiger partial charge in [-0.15, -0.1) is 0 Å². The number of carbonyl (C=O) groups is 1. The molecule has 5 N–H and O–H groups in total. The molecule has 0 unspecified atom stereocenters. The van der Waals surface area contributed by atoms with Crippen molar-refractivity contribution in [1.29, 1.82) is 0 Å². The minimum atomic E-state index is -0.748. The zero-order chi connectivity index (χ0) is 25.6. The zero-order valence-corrected chi connectivity index (χ0v) is 20.1. The van der Waals surface area contributed by atoms with Crippen molar-refractivity contribution in [3.8, 4) is 11.4 Å². The number of anilines is 2. The fourth-order valence-electron chi connectivity index (χ4n) is 4.23. The van der Waals surface area contributed by atoms with Crippen LogP contribution in [0.2, 0.25) is 0 Å². The van der Waals surface area contributed by atoms with Crippen molar-refractivity contribution in [2.75, 3.05) is 17.2 Å². The number of imidazole rings is 1. The Labute approximate surface area is 213 Å².